The zero-order valence-corrected chi connectivity index (χ0v) is 20.8. The van der Waals surface area contributed by atoms with Gasteiger partial charge in [-0.2, -0.15) is 0 Å². The lowest BCUT2D eigenvalue weighted by molar-refractivity contribution is 0.176. The molecule has 0 spiro atoms. The summed E-state index contributed by atoms with van der Waals surface area (Å²) in [4.78, 5) is 4.30. The number of benzene rings is 2. The van der Waals surface area contributed by atoms with Crippen molar-refractivity contribution in [3.05, 3.63) is 106 Å². The van der Waals surface area contributed by atoms with Gasteiger partial charge in [0.1, 0.15) is 24.1 Å². The Hall–Kier alpha value is -2.90. The molecule has 2 aromatic carbocycles. The number of allylic oxidation sites excluding steroid dienone is 4. The third kappa shape index (κ3) is 6.41. The van der Waals surface area contributed by atoms with E-state index in [1.54, 1.807) is 37.4 Å². The molecule has 2 unspecified atom stereocenters. The second-order valence-corrected chi connectivity index (χ2v) is 9.31. The first-order chi connectivity index (χ1) is 16.9. The van der Waals surface area contributed by atoms with Crippen LogP contribution >= 0.6 is 15.9 Å². The molecule has 0 aliphatic heterocycles. The molecule has 182 valence electrons. The number of methoxy groups -OCH3 is 1. The Kier molecular flexibility index (Phi) is 8.42. The summed E-state index contributed by atoms with van der Waals surface area (Å²) in [7, 11) is 1.65. The van der Waals surface area contributed by atoms with E-state index in [1.165, 1.54) is 18.2 Å². The first kappa shape index (κ1) is 25.2. The fourth-order valence-electron chi connectivity index (χ4n) is 4.11. The van der Waals surface area contributed by atoms with Gasteiger partial charge in [-0.25, -0.2) is 18.2 Å². The van der Waals surface area contributed by atoms with Crippen LogP contribution < -0.4 is 4.74 Å². The Morgan fingerprint density at radius 3 is 2.43 bits per heavy atom. The second-order valence-electron chi connectivity index (χ2n) is 8.39. The summed E-state index contributed by atoms with van der Waals surface area (Å²) in [5, 5.41) is 0. The highest BCUT2D eigenvalue weighted by atomic mass is 79.9. The summed E-state index contributed by atoms with van der Waals surface area (Å²) in [6, 6.07) is 11.9. The van der Waals surface area contributed by atoms with E-state index in [-0.39, 0.29) is 35.6 Å². The third-order valence-corrected chi connectivity index (χ3v) is 6.51. The van der Waals surface area contributed by atoms with E-state index in [1.807, 2.05) is 18.2 Å². The van der Waals surface area contributed by atoms with E-state index in [0.717, 1.165) is 6.42 Å². The van der Waals surface area contributed by atoms with Gasteiger partial charge in [-0.3, -0.25) is 0 Å². The van der Waals surface area contributed by atoms with Gasteiger partial charge in [0.25, 0.3) is 0 Å². The summed E-state index contributed by atoms with van der Waals surface area (Å²) in [6.45, 7) is 0.562. The van der Waals surface area contributed by atoms with Crippen LogP contribution in [0, 0.1) is 29.3 Å². The Balaban J connectivity index is 1.50. The summed E-state index contributed by atoms with van der Waals surface area (Å²) < 4.78 is 55.6. The van der Waals surface area contributed by atoms with Gasteiger partial charge in [-0.1, -0.05) is 52.4 Å². The fraction of sp³-hybridized carbons (Fsp3) is 0.250. The fourth-order valence-corrected chi connectivity index (χ4v) is 4.45. The van der Waals surface area contributed by atoms with Gasteiger partial charge >= 0.3 is 0 Å². The van der Waals surface area contributed by atoms with Crippen molar-refractivity contribution in [1.29, 1.82) is 0 Å². The van der Waals surface area contributed by atoms with Crippen LogP contribution in [0.3, 0.4) is 0 Å². The topological polar surface area (TPSA) is 31.4 Å². The zero-order valence-electron chi connectivity index (χ0n) is 19.2. The molecule has 1 aliphatic rings. The lowest BCUT2D eigenvalue weighted by atomic mass is 9.82. The molecule has 0 amide bonds. The van der Waals surface area contributed by atoms with Crippen molar-refractivity contribution in [2.24, 2.45) is 11.8 Å². The van der Waals surface area contributed by atoms with Crippen LogP contribution in [0.5, 0.6) is 5.88 Å². The molecule has 3 nitrogen and oxygen atoms in total. The van der Waals surface area contributed by atoms with Crippen molar-refractivity contribution in [3.63, 3.8) is 0 Å². The standard InChI is InChI=1S/C28H25BrF3NO2/c1-34-12-11-18-5-2-3-6-19(18)13-21-14-26(32)23(16-25(21)31)27-7-4-8-28(33-27)35-17-20-9-10-22(29)15-24(20)30/h2-10,14-16,18-19H,11-13,17H2,1H3. The second kappa shape index (κ2) is 11.7. The van der Waals surface area contributed by atoms with Crippen LogP contribution in [0.1, 0.15) is 17.5 Å². The summed E-state index contributed by atoms with van der Waals surface area (Å²) in [6.07, 6.45) is 9.22. The number of pyridine rings is 1. The molecule has 0 saturated heterocycles. The molecule has 3 aromatic rings. The number of ether oxygens (including phenoxy) is 2. The minimum absolute atomic E-state index is 0.0427. The third-order valence-electron chi connectivity index (χ3n) is 6.01. The normalized spacial score (nSPS) is 17.1. The minimum Gasteiger partial charge on any atom is -0.473 e. The zero-order chi connectivity index (χ0) is 24.8. The lowest BCUT2D eigenvalue weighted by Crippen LogP contribution is -2.18. The number of aromatic nitrogens is 1. The average Bonchev–Trinajstić information content (AvgIpc) is 2.85. The molecule has 0 bridgehead atoms. The van der Waals surface area contributed by atoms with Crippen LogP contribution in [0.15, 0.2) is 77.3 Å². The first-order valence-corrected chi connectivity index (χ1v) is 12.1. The van der Waals surface area contributed by atoms with Gasteiger partial charge < -0.3 is 9.47 Å². The van der Waals surface area contributed by atoms with Crippen molar-refractivity contribution in [3.8, 4) is 17.1 Å². The van der Waals surface area contributed by atoms with Crippen molar-refractivity contribution in [2.45, 2.75) is 19.4 Å². The maximum atomic E-state index is 15.1. The van der Waals surface area contributed by atoms with Gasteiger partial charge in [-0.05, 0) is 60.6 Å². The monoisotopic (exact) mass is 543 g/mol. The van der Waals surface area contributed by atoms with Crippen LogP contribution in [0.2, 0.25) is 0 Å². The molecular formula is C28H25BrF3NO2. The Morgan fingerprint density at radius 2 is 1.66 bits per heavy atom. The van der Waals surface area contributed by atoms with Gasteiger partial charge in [-0.15, -0.1) is 0 Å². The summed E-state index contributed by atoms with van der Waals surface area (Å²) >= 11 is 3.22. The Labute approximate surface area is 211 Å². The number of nitrogens with zero attached hydrogens (tertiary/aromatic N) is 1. The van der Waals surface area contributed by atoms with Crippen LogP contribution in [0.25, 0.3) is 11.3 Å². The minimum atomic E-state index is -0.561. The molecule has 0 saturated carbocycles. The van der Waals surface area contributed by atoms with Gasteiger partial charge in [0.2, 0.25) is 5.88 Å². The van der Waals surface area contributed by atoms with E-state index in [9.17, 15) is 4.39 Å². The van der Waals surface area contributed by atoms with Crippen molar-refractivity contribution in [2.75, 3.05) is 13.7 Å². The predicted molar refractivity (Wildman–Crippen MR) is 133 cm³/mol. The van der Waals surface area contributed by atoms with Crippen LogP contribution in [-0.2, 0) is 17.8 Å². The molecule has 1 aromatic heterocycles. The molecule has 0 fully saturated rings. The largest absolute Gasteiger partial charge is 0.473 e. The van der Waals surface area contributed by atoms with Crippen molar-refractivity contribution >= 4 is 15.9 Å². The van der Waals surface area contributed by atoms with Crippen LogP contribution in [0.4, 0.5) is 13.2 Å². The molecule has 1 aliphatic carbocycles. The van der Waals surface area contributed by atoms with E-state index in [2.05, 4.69) is 27.0 Å². The Bertz CT molecular complexity index is 1240. The highest BCUT2D eigenvalue weighted by Gasteiger charge is 2.22. The van der Waals surface area contributed by atoms with Gasteiger partial charge in [0, 0.05) is 35.4 Å². The highest BCUT2D eigenvalue weighted by Crippen LogP contribution is 2.31. The van der Waals surface area contributed by atoms with E-state index in [4.69, 9.17) is 9.47 Å². The summed E-state index contributed by atoms with van der Waals surface area (Å²) in [5.41, 5.74) is 0.954. The smallest absolute Gasteiger partial charge is 0.214 e. The maximum absolute atomic E-state index is 15.1. The van der Waals surface area contributed by atoms with Crippen molar-refractivity contribution in [1.82, 2.24) is 4.98 Å². The molecular weight excluding hydrogens is 519 g/mol. The van der Waals surface area contributed by atoms with E-state index < -0.39 is 17.5 Å². The van der Waals surface area contributed by atoms with E-state index >= 15 is 8.78 Å². The van der Waals surface area contributed by atoms with Crippen molar-refractivity contribution < 1.29 is 22.6 Å². The average molecular weight is 544 g/mol. The molecule has 0 N–H and O–H groups in total. The number of halogens is 4. The number of hydrogen-bond donors (Lipinski definition) is 0. The molecule has 2 atom stereocenters. The quantitative estimate of drug-likeness (QED) is 0.281. The number of rotatable bonds is 9. The Morgan fingerprint density at radius 1 is 0.886 bits per heavy atom. The molecule has 1 heterocycles. The molecule has 0 radical (unpaired) electrons. The maximum Gasteiger partial charge on any atom is 0.214 e. The molecule has 4 rings (SSSR count). The summed E-state index contributed by atoms with van der Waals surface area (Å²) in [5.74, 6) is -1.01. The highest BCUT2D eigenvalue weighted by molar-refractivity contribution is 9.10. The molecule has 7 heteroatoms. The SMILES string of the molecule is COCCC1C=CC=CC1Cc1cc(F)c(-c2cccc(OCc3ccc(Br)cc3F)n2)cc1F. The van der Waals surface area contributed by atoms with Gasteiger partial charge in [0.05, 0.1) is 5.69 Å². The predicted octanol–water partition coefficient (Wildman–Crippen LogP) is 7.44. The lowest BCUT2D eigenvalue weighted by Gasteiger charge is -2.24. The first-order valence-electron chi connectivity index (χ1n) is 11.3. The van der Waals surface area contributed by atoms with E-state index in [0.29, 0.717) is 28.6 Å². The number of hydrogen-bond acceptors (Lipinski definition) is 3. The van der Waals surface area contributed by atoms with Gasteiger partial charge in [0.15, 0.2) is 0 Å². The van der Waals surface area contributed by atoms with Crippen LogP contribution in [-0.4, -0.2) is 18.7 Å². The molecule has 35 heavy (non-hydrogen) atoms.